The molecule has 12 heteroatoms. The van der Waals surface area contributed by atoms with Crippen molar-refractivity contribution in [2.75, 3.05) is 57.8 Å². The number of allylic oxidation sites excluding steroid dienone is 8. The Hall–Kier alpha value is -5.49. The number of ether oxygens (including phenoxy) is 2. The lowest BCUT2D eigenvalue weighted by atomic mass is 9.64. The lowest BCUT2D eigenvalue weighted by molar-refractivity contribution is -0.436. The van der Waals surface area contributed by atoms with Crippen molar-refractivity contribution in [2.24, 2.45) is 0 Å². The van der Waals surface area contributed by atoms with Crippen molar-refractivity contribution < 1.29 is 41.9 Å². The van der Waals surface area contributed by atoms with Gasteiger partial charge in [0.25, 0.3) is 5.91 Å². The number of para-hydroxylation sites is 1. The number of nitrogens with one attached hydrogen (secondary N) is 1. The van der Waals surface area contributed by atoms with Gasteiger partial charge >= 0.3 is 5.97 Å². The molecule has 0 unspecified atom stereocenters. The third-order valence-electron chi connectivity index (χ3n) is 10.8. The van der Waals surface area contributed by atoms with Gasteiger partial charge in [-0.05, 0) is 65.5 Å². The number of amides is 1. The van der Waals surface area contributed by atoms with E-state index in [2.05, 4.69) is 18.5 Å². The number of alkyl halides is 1. The molecule has 5 rings (SSSR count). The molecule has 0 bridgehead atoms. The molecule has 60 heavy (non-hydrogen) atoms. The van der Waals surface area contributed by atoms with Gasteiger partial charge in [-0.1, -0.05) is 70.2 Å². The average Bonchev–Trinajstić information content (AvgIpc) is 3.24. The molecule has 2 aliphatic carbocycles. The van der Waals surface area contributed by atoms with Crippen LogP contribution in [-0.4, -0.2) is 80.2 Å². The van der Waals surface area contributed by atoms with Gasteiger partial charge in [-0.25, -0.2) is 18.0 Å². The van der Waals surface area contributed by atoms with Gasteiger partial charge in [-0.15, -0.1) is 11.6 Å². The summed E-state index contributed by atoms with van der Waals surface area (Å²) in [5.41, 5.74) is 1.16. The molecular weight excluding hydrogens is 791 g/mol. The second-order valence-corrected chi connectivity index (χ2v) is 15.3. The predicted molar refractivity (Wildman–Crippen MR) is 233 cm³/mol. The molecule has 0 spiro atoms. The molecule has 2 aliphatic rings. The summed E-state index contributed by atoms with van der Waals surface area (Å²) in [4.78, 5) is 28.4. The number of rotatable bonds is 20. The van der Waals surface area contributed by atoms with Crippen molar-refractivity contribution in [1.82, 2.24) is 5.32 Å². The second kappa shape index (κ2) is 20.7. The van der Waals surface area contributed by atoms with Crippen molar-refractivity contribution in [3.63, 3.8) is 0 Å². The van der Waals surface area contributed by atoms with E-state index < -0.39 is 51.4 Å². The third kappa shape index (κ3) is 9.75. The summed E-state index contributed by atoms with van der Waals surface area (Å²) in [6.45, 7) is 12.6. The van der Waals surface area contributed by atoms with Crippen LogP contribution in [0.15, 0.2) is 115 Å². The Balaban J connectivity index is 1.60. The van der Waals surface area contributed by atoms with E-state index in [-0.39, 0.29) is 25.3 Å². The quantitative estimate of drug-likeness (QED) is 0.0387. The number of nitrogens with zero attached hydrogens (tertiary/aromatic N) is 2. The van der Waals surface area contributed by atoms with Crippen LogP contribution in [-0.2, 0) is 14.9 Å². The van der Waals surface area contributed by atoms with E-state index in [1.807, 2.05) is 79.9 Å². The van der Waals surface area contributed by atoms with E-state index in [4.69, 9.17) is 21.1 Å². The summed E-state index contributed by atoms with van der Waals surface area (Å²) in [6, 6.07) is 15.1. The highest BCUT2D eigenvalue weighted by molar-refractivity contribution is 6.17. The maximum Gasteiger partial charge on any atom is 0.339 e. The minimum absolute atomic E-state index is 0.00162. The second-order valence-electron chi connectivity index (χ2n) is 14.9. The summed E-state index contributed by atoms with van der Waals surface area (Å²) < 4.78 is 62.2. The van der Waals surface area contributed by atoms with Gasteiger partial charge < -0.3 is 24.8 Å². The summed E-state index contributed by atoms with van der Waals surface area (Å²) in [6.07, 6.45) is 14.3. The fourth-order valence-electron chi connectivity index (χ4n) is 7.49. The van der Waals surface area contributed by atoms with Gasteiger partial charge in [0.1, 0.15) is 24.0 Å². The molecule has 0 saturated heterocycles. The maximum absolute atomic E-state index is 17.2. The van der Waals surface area contributed by atoms with Gasteiger partial charge in [0.2, 0.25) is 11.4 Å². The lowest BCUT2D eigenvalue weighted by Crippen LogP contribution is -2.33. The first-order chi connectivity index (χ1) is 28.8. The molecule has 0 aromatic heterocycles. The molecule has 8 nitrogen and oxygen atoms in total. The summed E-state index contributed by atoms with van der Waals surface area (Å²) in [7, 11) is 3.74. The Morgan fingerprint density at radius 1 is 0.900 bits per heavy atom. The molecule has 316 valence electrons. The lowest BCUT2D eigenvalue weighted by Gasteiger charge is -2.40. The first kappa shape index (κ1) is 45.6. The Bertz CT molecular complexity index is 2290. The number of carboxylic acids is 1. The van der Waals surface area contributed by atoms with Crippen LogP contribution in [0, 0.1) is 17.5 Å². The Kier molecular flexibility index (Phi) is 15.7. The zero-order valence-electron chi connectivity index (χ0n) is 34.6. The van der Waals surface area contributed by atoms with Crippen LogP contribution < -0.4 is 10.2 Å². The van der Waals surface area contributed by atoms with Crippen LogP contribution in [0.5, 0.6) is 0 Å². The summed E-state index contributed by atoms with van der Waals surface area (Å²) >= 11 is 5.70. The van der Waals surface area contributed by atoms with E-state index in [1.54, 1.807) is 42.5 Å². The molecule has 3 aromatic carbocycles. The number of hydrogen-bond acceptors (Lipinski definition) is 5. The maximum atomic E-state index is 17.2. The first-order valence-electron chi connectivity index (χ1n) is 19.9. The highest BCUT2D eigenvalue weighted by atomic mass is 35.5. The predicted octanol–water partition coefficient (Wildman–Crippen LogP) is 10.1. The first-order valence-corrected chi connectivity index (χ1v) is 20.4. The van der Waals surface area contributed by atoms with Crippen molar-refractivity contribution >= 4 is 46.1 Å². The highest BCUT2D eigenvalue weighted by Gasteiger charge is 2.43. The molecule has 0 radical (unpaired) electrons. The van der Waals surface area contributed by atoms with Gasteiger partial charge in [0, 0.05) is 78.3 Å². The van der Waals surface area contributed by atoms with Crippen molar-refractivity contribution in [1.29, 1.82) is 0 Å². The minimum Gasteiger partial charge on any atom is -0.478 e. The Labute approximate surface area is 355 Å². The minimum atomic E-state index is -1.91. The van der Waals surface area contributed by atoms with Crippen LogP contribution in [0.3, 0.4) is 0 Å². The number of fused-ring (bicyclic) bond motifs is 2. The standard InChI is InChI=1S/C48H51ClF3N3O5/c1-7-16-31(8-2)54(5)33-19-21-35-37(29-33)48(3,4)38-30-34(55(6)32-17-12-11-13-18-32)20-22-36(38)39(35)40-41(47(57)58)44(51)45(52)42(43(40)50)46(56)53-24-26-60-28-27-59-25-15-10-9-14-23-49/h7-8,11-13,16-22,29-30H,1-2,9-10,14-15,23-28H2,3-6H3,(H-,53,56,57,58)/p+1/b31-16+. The Morgan fingerprint density at radius 3 is 2.25 bits per heavy atom. The molecule has 3 aromatic rings. The molecule has 0 atom stereocenters. The molecule has 1 amide bonds. The molecule has 2 N–H and O–H groups in total. The van der Waals surface area contributed by atoms with Gasteiger partial charge in [-0.2, -0.15) is 4.58 Å². The summed E-state index contributed by atoms with van der Waals surface area (Å²) in [5.74, 6) is -7.81. The van der Waals surface area contributed by atoms with E-state index in [1.165, 1.54) is 0 Å². The van der Waals surface area contributed by atoms with E-state index in [0.29, 0.717) is 47.1 Å². The Morgan fingerprint density at radius 2 is 1.58 bits per heavy atom. The zero-order valence-corrected chi connectivity index (χ0v) is 35.3. The normalized spacial score (nSPS) is 15.2. The monoisotopic (exact) mass is 842 g/mol. The van der Waals surface area contributed by atoms with Crippen LogP contribution in [0.2, 0.25) is 0 Å². The largest absolute Gasteiger partial charge is 0.478 e. The molecule has 0 heterocycles. The smallest absolute Gasteiger partial charge is 0.339 e. The van der Waals surface area contributed by atoms with E-state index in [0.717, 1.165) is 42.8 Å². The highest BCUT2D eigenvalue weighted by Crippen LogP contribution is 2.52. The number of benzene rings is 3. The number of aromatic carboxylic acids is 1. The van der Waals surface area contributed by atoms with E-state index in [9.17, 15) is 14.7 Å². The molecular formula is C48H52ClF3N3O5+. The fraction of sp³-hybridized carbons (Fsp3) is 0.312. The SMILES string of the molecule is C=C/C=C(\C=C)[N+](C)=C1C=CC2=C(c3c(F)c(C(=O)NCCOCCOCCCCCCCl)c(F)c(F)c3C(=O)O)c3ccc(N(C)c4ccccc4)cc3C(C)(C)C2=C1. The number of likely N-dealkylation sites (N-methyl/N-ethyl adjacent to an activating group) is 1. The number of hydrogen-bond donors (Lipinski definition) is 2. The number of anilines is 2. The molecule has 0 saturated carbocycles. The van der Waals surface area contributed by atoms with Crippen LogP contribution >= 0.6 is 11.6 Å². The number of halogens is 4. The van der Waals surface area contributed by atoms with Crippen LogP contribution in [0.25, 0.3) is 5.57 Å². The number of carbonyl (C=O) groups is 2. The van der Waals surface area contributed by atoms with Crippen molar-refractivity contribution in [3.05, 3.63) is 160 Å². The van der Waals surface area contributed by atoms with Gasteiger partial charge in [0.15, 0.2) is 11.6 Å². The van der Waals surface area contributed by atoms with Crippen LogP contribution in [0.1, 0.15) is 76.9 Å². The number of carboxylic acid groups (broad SMARTS) is 1. The molecule has 0 fully saturated rings. The summed E-state index contributed by atoms with van der Waals surface area (Å²) in [5, 5.41) is 12.8. The van der Waals surface area contributed by atoms with Gasteiger partial charge in [-0.3, -0.25) is 4.79 Å². The topological polar surface area (TPSA) is 91.1 Å². The van der Waals surface area contributed by atoms with Gasteiger partial charge in [0.05, 0.1) is 19.8 Å². The third-order valence-corrected chi connectivity index (χ3v) is 11.0. The molecule has 0 aliphatic heterocycles. The average molecular weight is 843 g/mol. The van der Waals surface area contributed by atoms with Crippen LogP contribution in [0.4, 0.5) is 24.5 Å². The van der Waals surface area contributed by atoms with Crippen molar-refractivity contribution in [3.8, 4) is 0 Å². The fourth-order valence-corrected chi connectivity index (χ4v) is 7.68. The van der Waals surface area contributed by atoms with Crippen molar-refractivity contribution in [2.45, 2.75) is 44.9 Å². The van der Waals surface area contributed by atoms with E-state index >= 15 is 13.2 Å². The number of unbranched alkanes of at least 4 members (excludes halogenated alkanes) is 3. The number of carbonyl (C=O) groups excluding carboxylic acids is 1. The zero-order chi connectivity index (χ0) is 43.6.